The van der Waals surface area contributed by atoms with Crippen LogP contribution in [0.1, 0.15) is 28.8 Å². The van der Waals surface area contributed by atoms with Crippen molar-refractivity contribution in [3.63, 3.8) is 0 Å². The molecule has 0 radical (unpaired) electrons. The van der Waals surface area contributed by atoms with Crippen LogP contribution in [0.3, 0.4) is 0 Å². The second-order valence-corrected chi connectivity index (χ2v) is 6.04. The fourth-order valence-corrected chi connectivity index (χ4v) is 2.53. The van der Waals surface area contributed by atoms with Gasteiger partial charge in [-0.15, -0.1) is 0 Å². The van der Waals surface area contributed by atoms with Gasteiger partial charge in [-0.1, -0.05) is 41.9 Å². The number of rotatable bonds is 7. The zero-order chi connectivity index (χ0) is 17.4. The summed E-state index contributed by atoms with van der Waals surface area (Å²) in [6.07, 6.45) is 1.00. The van der Waals surface area contributed by atoms with Crippen molar-refractivity contribution >= 4 is 23.4 Å². The highest BCUT2D eigenvalue weighted by Crippen LogP contribution is 2.12. The molecule has 0 saturated carbocycles. The van der Waals surface area contributed by atoms with E-state index in [1.807, 2.05) is 42.5 Å². The molecule has 0 heterocycles. The average Bonchev–Trinajstić information content (AvgIpc) is 2.59. The fourth-order valence-electron chi connectivity index (χ4n) is 2.32. The Morgan fingerprint density at radius 2 is 1.83 bits per heavy atom. The summed E-state index contributed by atoms with van der Waals surface area (Å²) in [5, 5.41) is 3.49. The SMILES string of the molecule is CN(Cc1cccc(Cl)c1)C(=O)CCCNC(=O)c1ccccc1. The van der Waals surface area contributed by atoms with Crippen LogP contribution in [0.25, 0.3) is 0 Å². The first-order valence-electron chi connectivity index (χ1n) is 7.88. The van der Waals surface area contributed by atoms with Crippen LogP contribution in [-0.2, 0) is 11.3 Å². The minimum Gasteiger partial charge on any atom is -0.352 e. The third-order valence-corrected chi connectivity index (χ3v) is 3.86. The Morgan fingerprint density at radius 1 is 1.08 bits per heavy atom. The Balaban J connectivity index is 1.70. The normalized spacial score (nSPS) is 10.2. The molecule has 0 saturated heterocycles. The number of nitrogens with zero attached hydrogens (tertiary/aromatic N) is 1. The molecule has 0 aliphatic heterocycles. The second kappa shape index (κ2) is 9.08. The molecule has 0 fully saturated rings. The third-order valence-electron chi connectivity index (χ3n) is 3.62. The van der Waals surface area contributed by atoms with Crippen molar-refractivity contribution in [1.82, 2.24) is 10.2 Å². The van der Waals surface area contributed by atoms with E-state index >= 15 is 0 Å². The summed E-state index contributed by atoms with van der Waals surface area (Å²) in [5.41, 5.74) is 1.62. The first kappa shape index (κ1) is 18.0. The standard InChI is InChI=1S/C19H21ClN2O2/c1-22(14-15-7-5-10-17(20)13-15)18(23)11-6-12-21-19(24)16-8-3-2-4-9-16/h2-5,7-10,13H,6,11-12,14H2,1H3,(H,21,24). The zero-order valence-electron chi connectivity index (χ0n) is 13.7. The van der Waals surface area contributed by atoms with Gasteiger partial charge >= 0.3 is 0 Å². The van der Waals surface area contributed by atoms with Gasteiger partial charge in [-0.05, 0) is 36.2 Å². The van der Waals surface area contributed by atoms with Crippen molar-refractivity contribution in [1.29, 1.82) is 0 Å². The summed E-state index contributed by atoms with van der Waals surface area (Å²) in [7, 11) is 1.77. The maximum absolute atomic E-state index is 12.1. The van der Waals surface area contributed by atoms with E-state index in [2.05, 4.69) is 5.32 Å². The fraction of sp³-hybridized carbons (Fsp3) is 0.263. The maximum Gasteiger partial charge on any atom is 0.251 e. The van der Waals surface area contributed by atoms with E-state index in [-0.39, 0.29) is 11.8 Å². The Morgan fingerprint density at radius 3 is 2.54 bits per heavy atom. The molecule has 5 heteroatoms. The first-order valence-corrected chi connectivity index (χ1v) is 8.25. The van der Waals surface area contributed by atoms with Gasteiger partial charge in [-0.2, -0.15) is 0 Å². The van der Waals surface area contributed by atoms with Crippen molar-refractivity contribution < 1.29 is 9.59 Å². The van der Waals surface area contributed by atoms with Gasteiger partial charge in [0.2, 0.25) is 5.91 Å². The lowest BCUT2D eigenvalue weighted by molar-refractivity contribution is -0.130. The Hall–Kier alpha value is -2.33. The molecule has 24 heavy (non-hydrogen) atoms. The summed E-state index contributed by atoms with van der Waals surface area (Å²) in [4.78, 5) is 25.7. The quantitative estimate of drug-likeness (QED) is 0.781. The predicted octanol–water partition coefficient (Wildman–Crippen LogP) is 3.51. The molecule has 0 aromatic heterocycles. The summed E-state index contributed by atoms with van der Waals surface area (Å²) in [5.74, 6) is -0.0701. The van der Waals surface area contributed by atoms with Gasteiger partial charge in [-0.3, -0.25) is 9.59 Å². The van der Waals surface area contributed by atoms with E-state index in [0.29, 0.717) is 36.5 Å². The van der Waals surface area contributed by atoms with E-state index in [0.717, 1.165) is 5.56 Å². The van der Waals surface area contributed by atoms with Crippen LogP contribution < -0.4 is 5.32 Å². The van der Waals surface area contributed by atoms with Gasteiger partial charge < -0.3 is 10.2 Å². The summed E-state index contributed by atoms with van der Waals surface area (Å²) in [6, 6.07) is 16.5. The van der Waals surface area contributed by atoms with Crippen molar-refractivity contribution in [2.24, 2.45) is 0 Å². The number of carbonyl (C=O) groups is 2. The largest absolute Gasteiger partial charge is 0.352 e. The van der Waals surface area contributed by atoms with Gasteiger partial charge in [0.15, 0.2) is 0 Å². The highest BCUT2D eigenvalue weighted by molar-refractivity contribution is 6.30. The first-order chi connectivity index (χ1) is 11.6. The second-order valence-electron chi connectivity index (χ2n) is 5.61. The Kier molecular flexibility index (Phi) is 6.82. The molecule has 126 valence electrons. The molecule has 4 nitrogen and oxygen atoms in total. The third kappa shape index (κ3) is 5.70. The highest BCUT2D eigenvalue weighted by Gasteiger charge is 2.10. The topological polar surface area (TPSA) is 49.4 Å². The van der Waals surface area contributed by atoms with E-state index in [1.165, 1.54) is 0 Å². The molecule has 1 N–H and O–H groups in total. The van der Waals surface area contributed by atoms with Crippen molar-refractivity contribution in [2.45, 2.75) is 19.4 Å². The Bertz CT molecular complexity index is 689. The minimum atomic E-state index is -0.115. The lowest BCUT2D eigenvalue weighted by Crippen LogP contribution is -2.28. The lowest BCUT2D eigenvalue weighted by Gasteiger charge is -2.17. The van der Waals surface area contributed by atoms with E-state index < -0.39 is 0 Å². The summed E-state index contributed by atoms with van der Waals surface area (Å²) >= 11 is 5.95. The number of amides is 2. The lowest BCUT2D eigenvalue weighted by atomic mass is 10.2. The van der Waals surface area contributed by atoms with Crippen molar-refractivity contribution in [3.05, 3.63) is 70.7 Å². The molecule has 0 atom stereocenters. The molecule has 0 aliphatic rings. The highest BCUT2D eigenvalue weighted by atomic mass is 35.5. The predicted molar refractivity (Wildman–Crippen MR) is 95.9 cm³/mol. The number of halogens is 1. The Labute approximate surface area is 147 Å². The van der Waals surface area contributed by atoms with Crippen LogP contribution in [0.2, 0.25) is 5.02 Å². The molecule has 0 bridgehead atoms. The number of benzene rings is 2. The maximum atomic E-state index is 12.1. The monoisotopic (exact) mass is 344 g/mol. The summed E-state index contributed by atoms with van der Waals surface area (Å²) in [6.45, 7) is 1.00. The molecule has 0 unspecified atom stereocenters. The van der Waals surface area contributed by atoms with Gasteiger partial charge in [-0.25, -0.2) is 0 Å². The van der Waals surface area contributed by atoms with Crippen LogP contribution in [-0.4, -0.2) is 30.3 Å². The van der Waals surface area contributed by atoms with Crippen LogP contribution >= 0.6 is 11.6 Å². The minimum absolute atomic E-state index is 0.0453. The number of hydrogen-bond acceptors (Lipinski definition) is 2. The molecule has 2 rings (SSSR count). The smallest absolute Gasteiger partial charge is 0.251 e. The molecule has 2 amide bonds. The molecular weight excluding hydrogens is 324 g/mol. The number of carbonyl (C=O) groups excluding carboxylic acids is 2. The van der Waals surface area contributed by atoms with Crippen LogP contribution in [0, 0.1) is 0 Å². The zero-order valence-corrected chi connectivity index (χ0v) is 14.4. The van der Waals surface area contributed by atoms with Gasteiger partial charge in [0.25, 0.3) is 5.91 Å². The number of nitrogens with one attached hydrogen (secondary N) is 1. The van der Waals surface area contributed by atoms with Gasteiger partial charge in [0.1, 0.15) is 0 Å². The summed E-state index contributed by atoms with van der Waals surface area (Å²) < 4.78 is 0. The molecule has 2 aromatic carbocycles. The molecular formula is C19H21ClN2O2. The van der Waals surface area contributed by atoms with Crippen molar-refractivity contribution in [2.75, 3.05) is 13.6 Å². The average molecular weight is 345 g/mol. The van der Waals surface area contributed by atoms with E-state index in [1.54, 1.807) is 24.1 Å². The van der Waals surface area contributed by atoms with Gasteiger partial charge in [0.05, 0.1) is 0 Å². The van der Waals surface area contributed by atoms with E-state index in [4.69, 9.17) is 11.6 Å². The van der Waals surface area contributed by atoms with E-state index in [9.17, 15) is 9.59 Å². The van der Waals surface area contributed by atoms with Crippen LogP contribution in [0.15, 0.2) is 54.6 Å². The number of hydrogen-bond donors (Lipinski definition) is 1. The molecule has 0 spiro atoms. The van der Waals surface area contributed by atoms with Crippen LogP contribution in [0.4, 0.5) is 0 Å². The van der Waals surface area contributed by atoms with Crippen molar-refractivity contribution in [3.8, 4) is 0 Å². The van der Waals surface area contributed by atoms with Gasteiger partial charge in [0, 0.05) is 37.1 Å². The van der Waals surface area contributed by atoms with Crippen LogP contribution in [0.5, 0.6) is 0 Å². The molecule has 2 aromatic rings. The molecule has 0 aliphatic carbocycles.